The zero-order valence-electron chi connectivity index (χ0n) is 24.4. The monoisotopic (exact) mass is 552 g/mol. The number of nitrogens with zero attached hydrogens (tertiary/aromatic N) is 1. The molecule has 2 aromatic carbocycles. The topological polar surface area (TPSA) is 120 Å². The fourth-order valence-corrected chi connectivity index (χ4v) is 4.78. The Kier molecular flexibility index (Phi) is 11.1. The molecule has 9 heteroatoms. The summed E-state index contributed by atoms with van der Waals surface area (Å²) in [6, 6.07) is 14.2. The lowest BCUT2D eigenvalue weighted by Crippen LogP contribution is -2.62. The van der Waals surface area contributed by atoms with Crippen LogP contribution in [0, 0.1) is 11.8 Å². The first-order chi connectivity index (χ1) is 19.0. The Hall–Kier alpha value is -3.43. The van der Waals surface area contributed by atoms with Gasteiger partial charge in [-0.3, -0.25) is 19.3 Å². The molecule has 40 heavy (non-hydrogen) atoms. The van der Waals surface area contributed by atoms with Crippen molar-refractivity contribution in [3.05, 3.63) is 65.7 Å². The molecule has 2 aromatic rings. The van der Waals surface area contributed by atoms with Gasteiger partial charge in [-0.15, -0.1) is 0 Å². The van der Waals surface area contributed by atoms with Crippen LogP contribution in [-0.2, 0) is 20.8 Å². The fraction of sp³-hybridized carbons (Fsp3) is 0.516. The third-order valence-corrected chi connectivity index (χ3v) is 7.56. The third-order valence-electron chi connectivity index (χ3n) is 7.56. The fourth-order valence-electron chi connectivity index (χ4n) is 4.78. The Labute approximate surface area is 237 Å². The zero-order chi connectivity index (χ0) is 29.4. The minimum absolute atomic E-state index is 0.000621. The molecule has 4 rings (SSSR count). The number of amides is 3. The van der Waals surface area contributed by atoms with Crippen molar-refractivity contribution < 1.29 is 24.2 Å². The summed E-state index contributed by atoms with van der Waals surface area (Å²) >= 11 is 0. The molecule has 0 saturated heterocycles. The predicted molar refractivity (Wildman–Crippen MR) is 155 cm³/mol. The summed E-state index contributed by atoms with van der Waals surface area (Å²) in [5.41, 5.74) is 1.63. The second-order valence-electron chi connectivity index (χ2n) is 11.2. The molecule has 6 unspecified atom stereocenters. The molecule has 2 aliphatic rings. The summed E-state index contributed by atoms with van der Waals surface area (Å²) in [7, 11) is 3.66. The van der Waals surface area contributed by atoms with Crippen molar-refractivity contribution in [2.75, 3.05) is 20.6 Å². The van der Waals surface area contributed by atoms with Gasteiger partial charge in [0.2, 0.25) is 17.7 Å². The first-order valence-electron chi connectivity index (χ1n) is 14.0. The van der Waals surface area contributed by atoms with E-state index in [0.717, 1.165) is 5.56 Å². The van der Waals surface area contributed by atoms with Gasteiger partial charge in [0.05, 0.1) is 12.1 Å². The van der Waals surface area contributed by atoms with Gasteiger partial charge in [-0.05, 0) is 55.6 Å². The zero-order valence-corrected chi connectivity index (χ0v) is 24.4. The molecule has 0 aromatic heterocycles. The van der Waals surface area contributed by atoms with E-state index < -0.39 is 42.1 Å². The van der Waals surface area contributed by atoms with Crippen LogP contribution < -0.4 is 20.7 Å². The lowest BCUT2D eigenvalue weighted by atomic mass is 9.94. The summed E-state index contributed by atoms with van der Waals surface area (Å²) in [6.45, 7) is 7.67. The number of rotatable bonds is 8. The molecule has 3 amide bonds. The van der Waals surface area contributed by atoms with Crippen LogP contribution >= 0.6 is 0 Å². The number of hydrogen-bond acceptors (Lipinski definition) is 6. The minimum atomic E-state index is -1.07. The van der Waals surface area contributed by atoms with Crippen molar-refractivity contribution in [3.8, 4) is 5.75 Å². The lowest BCUT2D eigenvalue weighted by Gasteiger charge is -2.34. The highest BCUT2D eigenvalue weighted by Crippen LogP contribution is 2.23. The van der Waals surface area contributed by atoms with E-state index in [1.54, 1.807) is 24.3 Å². The maximum absolute atomic E-state index is 13.9. The predicted octanol–water partition coefficient (Wildman–Crippen LogP) is 2.44. The molecule has 9 nitrogen and oxygen atoms in total. The van der Waals surface area contributed by atoms with Crippen LogP contribution in [0.3, 0.4) is 0 Å². The minimum Gasteiger partial charge on any atom is -0.487 e. The average Bonchev–Trinajstić information content (AvgIpc) is 2.94. The van der Waals surface area contributed by atoms with E-state index in [9.17, 15) is 19.5 Å². The van der Waals surface area contributed by atoms with Crippen LogP contribution in [0.4, 0.5) is 0 Å². The third kappa shape index (κ3) is 8.05. The molecule has 0 radical (unpaired) electrons. The van der Waals surface area contributed by atoms with Gasteiger partial charge in [0.25, 0.3) is 0 Å². The number of aliphatic hydroxyl groups excluding tert-OH is 1. The smallest absolute Gasteiger partial charge is 0.247 e. The van der Waals surface area contributed by atoms with Gasteiger partial charge in [-0.25, -0.2) is 0 Å². The van der Waals surface area contributed by atoms with Crippen LogP contribution in [0.1, 0.15) is 51.3 Å². The van der Waals surface area contributed by atoms with E-state index in [-0.39, 0.29) is 24.3 Å². The van der Waals surface area contributed by atoms with Crippen molar-refractivity contribution in [1.29, 1.82) is 0 Å². The molecule has 0 spiro atoms. The van der Waals surface area contributed by atoms with E-state index in [4.69, 9.17) is 4.74 Å². The first kappa shape index (κ1) is 31.1. The second kappa shape index (κ2) is 14.3. The summed E-state index contributed by atoms with van der Waals surface area (Å²) in [5, 5.41) is 19.3. The first-order valence-corrected chi connectivity index (χ1v) is 14.0. The van der Waals surface area contributed by atoms with E-state index in [2.05, 4.69) is 16.0 Å². The number of hydrogen-bond donors (Lipinski definition) is 4. The highest BCUT2D eigenvalue weighted by Gasteiger charge is 2.38. The van der Waals surface area contributed by atoms with Gasteiger partial charge in [0.15, 0.2) is 0 Å². The number of likely N-dealkylation sites (N-methyl/N-ethyl adjacent to an activating group) is 1. The lowest BCUT2D eigenvalue weighted by molar-refractivity contribution is -0.136. The largest absolute Gasteiger partial charge is 0.487 e. The summed E-state index contributed by atoms with van der Waals surface area (Å²) < 4.78 is 6.33. The van der Waals surface area contributed by atoms with Crippen LogP contribution in [0.25, 0.3) is 0 Å². The Morgan fingerprint density at radius 2 is 1.70 bits per heavy atom. The summed E-state index contributed by atoms with van der Waals surface area (Å²) in [5.74, 6) is -1.05. The SMILES string of the molecule is CCC(C)C1NC(=O)C(NC(=O)C(Cc2ccccc2)N(C)C)C(C(C)C)Oc2ccc(cc2)C(O)CNC1=O. The molecular weight excluding hydrogens is 508 g/mol. The maximum Gasteiger partial charge on any atom is 0.247 e. The van der Waals surface area contributed by atoms with Gasteiger partial charge >= 0.3 is 0 Å². The molecule has 6 atom stereocenters. The molecule has 2 aliphatic heterocycles. The van der Waals surface area contributed by atoms with Gasteiger partial charge in [-0.1, -0.05) is 76.6 Å². The van der Waals surface area contributed by atoms with Crippen molar-refractivity contribution in [3.63, 3.8) is 0 Å². The molecular formula is C31H44N4O5. The molecule has 0 fully saturated rings. The van der Waals surface area contributed by atoms with Crippen LogP contribution in [0.2, 0.25) is 0 Å². The van der Waals surface area contributed by atoms with Crippen molar-refractivity contribution >= 4 is 17.7 Å². The van der Waals surface area contributed by atoms with Crippen LogP contribution in [0.5, 0.6) is 5.75 Å². The Morgan fingerprint density at radius 1 is 1.05 bits per heavy atom. The van der Waals surface area contributed by atoms with Crippen molar-refractivity contribution in [2.24, 2.45) is 11.8 Å². The van der Waals surface area contributed by atoms with Crippen LogP contribution in [0.15, 0.2) is 54.6 Å². The van der Waals surface area contributed by atoms with E-state index in [1.165, 1.54) is 0 Å². The number of nitrogens with one attached hydrogen (secondary N) is 3. The molecule has 4 N–H and O–H groups in total. The van der Waals surface area contributed by atoms with Gasteiger partial charge in [0, 0.05) is 6.54 Å². The quantitative estimate of drug-likeness (QED) is 0.399. The Balaban J connectivity index is 2.00. The number of fused-ring (bicyclic) bond motifs is 11. The Bertz CT molecular complexity index is 1120. The second-order valence-corrected chi connectivity index (χ2v) is 11.2. The van der Waals surface area contributed by atoms with Crippen molar-refractivity contribution in [1.82, 2.24) is 20.9 Å². The molecule has 2 bridgehead atoms. The average molecular weight is 553 g/mol. The number of aliphatic hydroxyl groups is 1. The van der Waals surface area contributed by atoms with E-state index in [1.807, 2.05) is 77.0 Å². The molecule has 2 heterocycles. The molecule has 0 aliphatic carbocycles. The van der Waals surface area contributed by atoms with Gasteiger partial charge < -0.3 is 25.8 Å². The molecule has 0 saturated carbocycles. The summed E-state index contributed by atoms with van der Waals surface area (Å²) in [4.78, 5) is 42.7. The van der Waals surface area contributed by atoms with E-state index >= 15 is 0 Å². The normalized spacial score (nSPS) is 23.5. The van der Waals surface area contributed by atoms with Crippen molar-refractivity contribution in [2.45, 2.75) is 70.9 Å². The number of benzene rings is 2. The van der Waals surface area contributed by atoms with Crippen LogP contribution in [-0.4, -0.2) is 72.6 Å². The highest BCUT2D eigenvalue weighted by molar-refractivity contribution is 5.93. The number of ether oxygens (including phenoxy) is 1. The Morgan fingerprint density at radius 3 is 2.27 bits per heavy atom. The maximum atomic E-state index is 13.9. The number of carbonyl (C=O) groups excluding carboxylic acids is 3. The van der Waals surface area contributed by atoms with Gasteiger partial charge in [-0.2, -0.15) is 0 Å². The molecule has 218 valence electrons. The standard InChI is InChI=1S/C31H44N4O5/c1-7-20(4)26-30(38)32-18-25(36)22-13-15-23(16-14-22)40-28(19(2)3)27(31(39)33-26)34-29(37)24(35(5)6)17-21-11-9-8-10-12-21/h8-16,19-20,24-28,36H,7,17-18H2,1-6H3,(H,32,38)(H,33,39)(H,34,37). The van der Waals surface area contributed by atoms with E-state index in [0.29, 0.717) is 24.2 Å². The van der Waals surface area contributed by atoms with Gasteiger partial charge in [0.1, 0.15) is 23.9 Å². The highest BCUT2D eigenvalue weighted by atomic mass is 16.5. The summed E-state index contributed by atoms with van der Waals surface area (Å²) in [6.07, 6.45) is -0.538. The number of carbonyl (C=O) groups is 3.